The maximum atomic E-state index is 12.5. The fourth-order valence-electron chi connectivity index (χ4n) is 2.89. The number of fused-ring (bicyclic) bond motifs is 1. The Hall–Kier alpha value is -3.41. The van der Waals surface area contributed by atoms with Crippen molar-refractivity contribution in [2.24, 2.45) is 0 Å². The molecule has 2 unspecified atom stereocenters. The van der Waals surface area contributed by atoms with E-state index in [0.29, 0.717) is 17.9 Å². The minimum absolute atomic E-state index is 0.0794. The molecule has 0 bridgehead atoms. The van der Waals surface area contributed by atoms with E-state index in [1.165, 1.54) is 19.1 Å². The lowest BCUT2D eigenvalue weighted by molar-refractivity contribution is -0.274. The summed E-state index contributed by atoms with van der Waals surface area (Å²) in [7, 11) is 0. The molecule has 2 aromatic rings. The standard InChI is InChI=1S/C19H16F3N3O3/c1-18(10-23,16-9-12-8-13(24)4-7-15(12)27-16)25-17(26)11-2-5-14(6-3-11)28-19(20,21)22/h2-8,16H,9,24H2,1H3,(H,25,26). The summed E-state index contributed by atoms with van der Waals surface area (Å²) >= 11 is 0. The highest BCUT2D eigenvalue weighted by atomic mass is 19.4. The third kappa shape index (κ3) is 4.11. The third-order valence-corrected chi connectivity index (χ3v) is 4.36. The smallest absolute Gasteiger partial charge is 0.486 e. The predicted octanol–water partition coefficient (Wildman–Crippen LogP) is 3.18. The summed E-state index contributed by atoms with van der Waals surface area (Å²) in [6.07, 6.45) is -5.09. The molecule has 1 aliphatic heterocycles. The number of halogens is 3. The molecule has 3 rings (SSSR count). The van der Waals surface area contributed by atoms with Gasteiger partial charge in [-0.2, -0.15) is 5.26 Å². The van der Waals surface area contributed by atoms with Crippen LogP contribution in [0.15, 0.2) is 42.5 Å². The molecule has 0 saturated carbocycles. The van der Waals surface area contributed by atoms with Gasteiger partial charge in [0.2, 0.25) is 0 Å². The summed E-state index contributed by atoms with van der Waals surface area (Å²) in [5.74, 6) is -0.482. The van der Waals surface area contributed by atoms with E-state index < -0.39 is 29.7 Å². The Morgan fingerprint density at radius 2 is 1.96 bits per heavy atom. The molecule has 1 amide bonds. The zero-order chi connectivity index (χ0) is 20.5. The number of nitrogen functional groups attached to an aromatic ring is 1. The average Bonchev–Trinajstić information content (AvgIpc) is 3.04. The fourth-order valence-corrected chi connectivity index (χ4v) is 2.89. The number of nitriles is 1. The van der Waals surface area contributed by atoms with Gasteiger partial charge in [-0.25, -0.2) is 0 Å². The quantitative estimate of drug-likeness (QED) is 0.781. The van der Waals surface area contributed by atoms with E-state index in [1.54, 1.807) is 18.2 Å². The SMILES string of the molecule is CC(C#N)(NC(=O)c1ccc(OC(F)(F)F)cc1)C1Cc2cc(N)ccc2O1. The van der Waals surface area contributed by atoms with E-state index in [9.17, 15) is 23.2 Å². The number of hydrogen-bond acceptors (Lipinski definition) is 5. The molecule has 3 N–H and O–H groups in total. The zero-order valence-electron chi connectivity index (χ0n) is 14.7. The lowest BCUT2D eigenvalue weighted by atomic mass is 9.92. The van der Waals surface area contributed by atoms with Crippen LogP contribution < -0.4 is 20.5 Å². The molecule has 0 spiro atoms. The maximum Gasteiger partial charge on any atom is 0.573 e. The van der Waals surface area contributed by atoms with Gasteiger partial charge >= 0.3 is 6.36 Å². The van der Waals surface area contributed by atoms with Crippen LogP contribution in [0.1, 0.15) is 22.8 Å². The number of ether oxygens (including phenoxy) is 2. The predicted molar refractivity (Wildman–Crippen MR) is 93.6 cm³/mol. The Morgan fingerprint density at radius 3 is 2.57 bits per heavy atom. The van der Waals surface area contributed by atoms with Crippen LogP contribution in [0.25, 0.3) is 0 Å². The number of anilines is 1. The van der Waals surface area contributed by atoms with E-state index >= 15 is 0 Å². The van der Waals surface area contributed by atoms with E-state index in [-0.39, 0.29) is 5.56 Å². The molecule has 0 aliphatic carbocycles. The molecule has 0 saturated heterocycles. The minimum Gasteiger partial charge on any atom is -0.486 e. The van der Waals surface area contributed by atoms with Crippen LogP contribution in [0.4, 0.5) is 18.9 Å². The van der Waals surface area contributed by atoms with Crippen LogP contribution in [0.2, 0.25) is 0 Å². The van der Waals surface area contributed by atoms with Crippen molar-refractivity contribution in [2.75, 3.05) is 5.73 Å². The first-order valence-corrected chi connectivity index (χ1v) is 8.24. The first-order valence-electron chi connectivity index (χ1n) is 8.24. The number of amides is 1. The van der Waals surface area contributed by atoms with Crippen molar-refractivity contribution in [3.63, 3.8) is 0 Å². The van der Waals surface area contributed by atoms with Gasteiger partial charge < -0.3 is 20.5 Å². The van der Waals surface area contributed by atoms with Crippen LogP contribution in [-0.2, 0) is 6.42 Å². The van der Waals surface area contributed by atoms with Crippen molar-refractivity contribution < 1.29 is 27.4 Å². The molecule has 0 aromatic heterocycles. The highest BCUT2D eigenvalue weighted by Gasteiger charge is 2.42. The largest absolute Gasteiger partial charge is 0.573 e. The molecule has 9 heteroatoms. The number of alkyl halides is 3. The monoisotopic (exact) mass is 391 g/mol. The molecule has 0 radical (unpaired) electrons. The maximum absolute atomic E-state index is 12.5. The molecule has 146 valence electrons. The van der Waals surface area contributed by atoms with Crippen LogP contribution in [0.3, 0.4) is 0 Å². The number of nitrogens with one attached hydrogen (secondary N) is 1. The summed E-state index contributed by atoms with van der Waals surface area (Å²) in [4.78, 5) is 12.5. The second-order valence-corrected chi connectivity index (χ2v) is 6.52. The van der Waals surface area contributed by atoms with Gasteiger partial charge in [0.05, 0.1) is 6.07 Å². The summed E-state index contributed by atoms with van der Waals surface area (Å²) in [6, 6.07) is 11.6. The molecule has 1 aliphatic rings. The van der Waals surface area contributed by atoms with Gasteiger partial charge in [0, 0.05) is 17.7 Å². The van der Waals surface area contributed by atoms with Gasteiger partial charge in [-0.05, 0) is 55.0 Å². The van der Waals surface area contributed by atoms with Gasteiger partial charge in [-0.15, -0.1) is 13.2 Å². The van der Waals surface area contributed by atoms with Crippen molar-refractivity contribution in [3.8, 4) is 17.6 Å². The molecule has 1 heterocycles. The molecular formula is C19H16F3N3O3. The van der Waals surface area contributed by atoms with Crippen molar-refractivity contribution in [3.05, 3.63) is 53.6 Å². The van der Waals surface area contributed by atoms with Crippen molar-refractivity contribution in [1.82, 2.24) is 5.32 Å². The van der Waals surface area contributed by atoms with Crippen molar-refractivity contribution >= 4 is 11.6 Å². The number of nitrogens with two attached hydrogens (primary N) is 1. The van der Waals surface area contributed by atoms with Crippen LogP contribution in [0, 0.1) is 11.3 Å². The Balaban J connectivity index is 1.72. The van der Waals surface area contributed by atoms with Gasteiger partial charge in [0.25, 0.3) is 5.91 Å². The van der Waals surface area contributed by atoms with Crippen molar-refractivity contribution in [1.29, 1.82) is 5.26 Å². The minimum atomic E-state index is -4.82. The van der Waals surface area contributed by atoms with E-state index in [1.807, 2.05) is 0 Å². The Bertz CT molecular complexity index is 938. The zero-order valence-corrected chi connectivity index (χ0v) is 14.7. The highest BCUT2D eigenvalue weighted by Crippen LogP contribution is 2.34. The molecule has 2 atom stereocenters. The van der Waals surface area contributed by atoms with E-state index in [2.05, 4.69) is 16.1 Å². The van der Waals surface area contributed by atoms with E-state index in [0.717, 1.165) is 17.7 Å². The van der Waals surface area contributed by atoms with Gasteiger partial charge in [0.1, 0.15) is 17.6 Å². The summed E-state index contributed by atoms with van der Waals surface area (Å²) in [5, 5.41) is 12.2. The number of nitrogens with zero attached hydrogens (tertiary/aromatic N) is 1. The van der Waals surface area contributed by atoms with Crippen LogP contribution in [-0.4, -0.2) is 23.9 Å². The molecule has 28 heavy (non-hydrogen) atoms. The number of benzene rings is 2. The fraction of sp³-hybridized carbons (Fsp3) is 0.263. The van der Waals surface area contributed by atoms with Gasteiger partial charge in [-0.1, -0.05) is 0 Å². The third-order valence-electron chi connectivity index (χ3n) is 4.36. The molecular weight excluding hydrogens is 375 g/mol. The second-order valence-electron chi connectivity index (χ2n) is 6.52. The first kappa shape index (κ1) is 19.4. The van der Waals surface area contributed by atoms with Gasteiger partial charge in [0.15, 0.2) is 5.54 Å². The molecule has 2 aromatic carbocycles. The second kappa shape index (κ2) is 6.96. The normalized spacial score (nSPS) is 17.6. The molecule has 6 nitrogen and oxygen atoms in total. The highest BCUT2D eigenvalue weighted by molar-refractivity contribution is 5.95. The lowest BCUT2D eigenvalue weighted by Crippen LogP contribution is -2.55. The average molecular weight is 391 g/mol. The van der Waals surface area contributed by atoms with Crippen molar-refractivity contribution in [2.45, 2.75) is 31.3 Å². The van der Waals surface area contributed by atoms with Gasteiger partial charge in [-0.3, -0.25) is 4.79 Å². The lowest BCUT2D eigenvalue weighted by Gasteiger charge is -2.29. The van der Waals surface area contributed by atoms with Crippen LogP contribution >= 0.6 is 0 Å². The number of carbonyl (C=O) groups is 1. The number of rotatable bonds is 4. The number of hydrogen-bond donors (Lipinski definition) is 2. The summed E-state index contributed by atoms with van der Waals surface area (Å²) in [5.41, 5.74) is 5.85. The summed E-state index contributed by atoms with van der Waals surface area (Å²) < 4.78 is 46.2. The Morgan fingerprint density at radius 1 is 1.29 bits per heavy atom. The molecule has 0 fully saturated rings. The summed E-state index contributed by atoms with van der Waals surface area (Å²) in [6.45, 7) is 1.52. The van der Waals surface area contributed by atoms with E-state index in [4.69, 9.17) is 10.5 Å². The number of carbonyl (C=O) groups excluding carboxylic acids is 1. The first-order chi connectivity index (χ1) is 13.1. The Kier molecular flexibility index (Phi) is 4.81. The van der Waals surface area contributed by atoms with Crippen LogP contribution in [0.5, 0.6) is 11.5 Å². The topological polar surface area (TPSA) is 97.4 Å². The Labute approximate surface area is 158 Å².